The van der Waals surface area contributed by atoms with Crippen molar-refractivity contribution in [2.24, 2.45) is 0 Å². The van der Waals surface area contributed by atoms with E-state index < -0.39 is 0 Å². The number of hydrogen-bond acceptors (Lipinski definition) is 2. The summed E-state index contributed by atoms with van der Waals surface area (Å²) in [4.78, 5) is 0. The quantitative estimate of drug-likeness (QED) is 0.628. The fourth-order valence-corrected chi connectivity index (χ4v) is 2.08. The SMILES string of the molecule is COCC(C)Oc1ccc2cc(C#CCCl)ccc2c1. The molecule has 0 aromatic heterocycles. The molecule has 104 valence electrons. The Morgan fingerprint density at radius 1 is 1.15 bits per heavy atom. The molecule has 0 aliphatic rings. The molecule has 0 saturated heterocycles. The molecule has 0 amide bonds. The van der Waals surface area contributed by atoms with Crippen LogP contribution in [0.5, 0.6) is 5.75 Å². The first-order valence-corrected chi connectivity index (χ1v) is 7.00. The maximum absolute atomic E-state index is 5.79. The summed E-state index contributed by atoms with van der Waals surface area (Å²) in [6.45, 7) is 2.56. The van der Waals surface area contributed by atoms with Crippen molar-refractivity contribution in [1.29, 1.82) is 0 Å². The summed E-state index contributed by atoms with van der Waals surface area (Å²) >= 11 is 5.56. The van der Waals surface area contributed by atoms with E-state index in [9.17, 15) is 0 Å². The van der Waals surface area contributed by atoms with Crippen LogP contribution in [-0.2, 0) is 4.74 Å². The molecule has 0 aliphatic heterocycles. The van der Waals surface area contributed by atoms with E-state index in [0.29, 0.717) is 12.5 Å². The van der Waals surface area contributed by atoms with E-state index in [1.54, 1.807) is 7.11 Å². The first-order valence-electron chi connectivity index (χ1n) is 6.47. The van der Waals surface area contributed by atoms with Gasteiger partial charge in [-0.3, -0.25) is 0 Å². The van der Waals surface area contributed by atoms with Crippen molar-refractivity contribution >= 4 is 22.4 Å². The Hall–Kier alpha value is -1.69. The monoisotopic (exact) mass is 288 g/mol. The minimum absolute atomic E-state index is 0.0336. The van der Waals surface area contributed by atoms with Crippen molar-refractivity contribution in [3.05, 3.63) is 42.0 Å². The summed E-state index contributed by atoms with van der Waals surface area (Å²) in [7, 11) is 1.67. The van der Waals surface area contributed by atoms with Gasteiger partial charge in [-0.1, -0.05) is 24.0 Å². The highest BCUT2D eigenvalue weighted by atomic mass is 35.5. The highest BCUT2D eigenvalue weighted by Gasteiger charge is 2.04. The first kappa shape index (κ1) is 14.7. The molecule has 0 saturated carbocycles. The smallest absolute Gasteiger partial charge is 0.120 e. The fraction of sp³-hybridized carbons (Fsp3) is 0.294. The number of alkyl halides is 1. The van der Waals surface area contributed by atoms with Crippen LogP contribution in [0.2, 0.25) is 0 Å². The Bertz CT molecular complexity index is 640. The molecule has 2 rings (SSSR count). The summed E-state index contributed by atoms with van der Waals surface area (Å²) < 4.78 is 10.9. The first-order chi connectivity index (χ1) is 9.72. The number of hydrogen-bond donors (Lipinski definition) is 0. The highest BCUT2D eigenvalue weighted by Crippen LogP contribution is 2.22. The van der Waals surface area contributed by atoms with Crippen LogP contribution in [0.25, 0.3) is 10.8 Å². The largest absolute Gasteiger partial charge is 0.488 e. The summed E-state index contributed by atoms with van der Waals surface area (Å²) in [5.74, 6) is 7.08. The molecule has 2 nitrogen and oxygen atoms in total. The van der Waals surface area contributed by atoms with Crippen LogP contribution in [0.3, 0.4) is 0 Å². The van der Waals surface area contributed by atoms with Gasteiger partial charge in [-0.25, -0.2) is 0 Å². The average molecular weight is 289 g/mol. The molecule has 20 heavy (non-hydrogen) atoms. The lowest BCUT2D eigenvalue weighted by Gasteiger charge is -2.14. The van der Waals surface area contributed by atoms with E-state index in [2.05, 4.69) is 17.9 Å². The standard InChI is InChI=1S/C17H17ClO2/c1-13(12-19-2)20-17-8-7-15-10-14(4-3-9-18)5-6-16(15)11-17/h5-8,10-11,13H,9,12H2,1-2H3. The molecule has 0 radical (unpaired) electrons. The molecule has 3 heteroatoms. The van der Waals surface area contributed by atoms with Crippen LogP contribution in [0.4, 0.5) is 0 Å². The Morgan fingerprint density at radius 2 is 1.90 bits per heavy atom. The van der Waals surface area contributed by atoms with Gasteiger partial charge in [0.05, 0.1) is 12.5 Å². The van der Waals surface area contributed by atoms with E-state index in [4.69, 9.17) is 21.1 Å². The van der Waals surface area contributed by atoms with Gasteiger partial charge in [0.15, 0.2) is 0 Å². The summed E-state index contributed by atoms with van der Waals surface area (Å²) in [6.07, 6.45) is 0.0336. The predicted molar refractivity (Wildman–Crippen MR) is 83.5 cm³/mol. The molecule has 2 aromatic carbocycles. The van der Waals surface area contributed by atoms with Gasteiger partial charge >= 0.3 is 0 Å². The van der Waals surface area contributed by atoms with E-state index in [-0.39, 0.29) is 6.10 Å². The van der Waals surface area contributed by atoms with Gasteiger partial charge in [0, 0.05) is 12.7 Å². The zero-order valence-electron chi connectivity index (χ0n) is 11.7. The van der Waals surface area contributed by atoms with Crippen molar-refractivity contribution in [3.63, 3.8) is 0 Å². The van der Waals surface area contributed by atoms with Gasteiger partial charge in [-0.2, -0.15) is 0 Å². The number of fused-ring (bicyclic) bond motifs is 1. The van der Waals surface area contributed by atoms with E-state index in [0.717, 1.165) is 22.1 Å². The third kappa shape index (κ3) is 3.90. The van der Waals surface area contributed by atoms with Gasteiger partial charge in [0.25, 0.3) is 0 Å². The van der Waals surface area contributed by atoms with Gasteiger partial charge in [0.1, 0.15) is 11.9 Å². The Balaban J connectivity index is 2.22. The lowest BCUT2D eigenvalue weighted by atomic mass is 10.1. The zero-order chi connectivity index (χ0) is 14.4. The zero-order valence-corrected chi connectivity index (χ0v) is 12.4. The normalized spacial score (nSPS) is 11.8. The predicted octanol–water partition coefficient (Wildman–Crippen LogP) is 3.84. The van der Waals surface area contributed by atoms with Crippen LogP contribution < -0.4 is 4.74 Å². The van der Waals surface area contributed by atoms with Crippen LogP contribution in [0.15, 0.2) is 36.4 Å². The number of rotatable bonds is 4. The van der Waals surface area contributed by atoms with Crippen LogP contribution in [-0.4, -0.2) is 25.7 Å². The van der Waals surface area contributed by atoms with Crippen molar-refractivity contribution in [1.82, 2.24) is 0 Å². The van der Waals surface area contributed by atoms with Crippen LogP contribution >= 0.6 is 11.6 Å². The third-order valence-electron chi connectivity index (χ3n) is 2.85. The lowest BCUT2D eigenvalue weighted by molar-refractivity contribution is 0.0922. The molecule has 2 aromatic rings. The lowest BCUT2D eigenvalue weighted by Crippen LogP contribution is -2.17. The number of methoxy groups -OCH3 is 1. The topological polar surface area (TPSA) is 18.5 Å². The van der Waals surface area contributed by atoms with Crippen LogP contribution in [0, 0.1) is 11.8 Å². The van der Waals surface area contributed by atoms with E-state index in [1.165, 1.54) is 0 Å². The Kier molecular flexibility index (Phi) is 5.29. The second-order valence-corrected chi connectivity index (χ2v) is 4.81. The molecule has 0 bridgehead atoms. The Morgan fingerprint density at radius 3 is 2.65 bits per heavy atom. The maximum Gasteiger partial charge on any atom is 0.120 e. The summed E-state index contributed by atoms with van der Waals surface area (Å²) in [5.41, 5.74) is 0.972. The number of ether oxygens (including phenoxy) is 2. The second-order valence-electron chi connectivity index (χ2n) is 4.54. The van der Waals surface area contributed by atoms with Gasteiger partial charge in [-0.15, -0.1) is 11.6 Å². The maximum atomic E-state index is 5.79. The third-order valence-corrected chi connectivity index (χ3v) is 2.98. The van der Waals surface area contributed by atoms with Gasteiger partial charge in [0.2, 0.25) is 0 Å². The fourth-order valence-electron chi connectivity index (χ4n) is 2.01. The molecule has 1 atom stereocenters. The van der Waals surface area contributed by atoms with E-state index in [1.807, 2.05) is 37.3 Å². The molecule has 0 spiro atoms. The molecule has 0 N–H and O–H groups in total. The highest BCUT2D eigenvalue weighted by molar-refractivity contribution is 6.19. The second kappa shape index (κ2) is 7.19. The minimum Gasteiger partial charge on any atom is -0.488 e. The van der Waals surface area contributed by atoms with Crippen molar-refractivity contribution in [3.8, 4) is 17.6 Å². The number of benzene rings is 2. The van der Waals surface area contributed by atoms with Gasteiger partial charge in [-0.05, 0) is 42.0 Å². The summed E-state index contributed by atoms with van der Waals surface area (Å²) in [6, 6.07) is 12.1. The molecular formula is C17H17ClO2. The summed E-state index contributed by atoms with van der Waals surface area (Å²) in [5, 5.41) is 2.27. The average Bonchev–Trinajstić information content (AvgIpc) is 2.45. The Labute approximate surface area is 124 Å². The van der Waals surface area contributed by atoms with E-state index >= 15 is 0 Å². The molecular weight excluding hydrogens is 272 g/mol. The van der Waals surface area contributed by atoms with Crippen molar-refractivity contribution < 1.29 is 9.47 Å². The van der Waals surface area contributed by atoms with Crippen molar-refractivity contribution in [2.45, 2.75) is 13.0 Å². The molecule has 0 fully saturated rings. The molecule has 0 heterocycles. The van der Waals surface area contributed by atoms with Gasteiger partial charge < -0.3 is 9.47 Å². The number of halogens is 1. The van der Waals surface area contributed by atoms with Crippen LogP contribution in [0.1, 0.15) is 12.5 Å². The molecule has 1 unspecified atom stereocenters. The minimum atomic E-state index is 0.0336. The molecule has 0 aliphatic carbocycles. The van der Waals surface area contributed by atoms with Crippen molar-refractivity contribution in [2.75, 3.05) is 19.6 Å².